The van der Waals surface area contributed by atoms with Gasteiger partial charge in [-0.05, 0) is 61.1 Å². The van der Waals surface area contributed by atoms with E-state index in [1.54, 1.807) is 4.90 Å². The molecule has 2 amide bonds. The molecular formula is C33H41F6N3O3. The molecule has 2 heterocycles. The molecule has 4 rings (SSSR count). The zero-order chi connectivity index (χ0) is 33.5. The number of hydrogen-bond donors (Lipinski definition) is 0. The average Bonchev–Trinajstić information content (AvgIpc) is 3.35. The number of carbonyl (C=O) groups is 2. The van der Waals surface area contributed by atoms with Crippen molar-refractivity contribution < 1.29 is 40.7 Å². The number of ether oxygens (including phenoxy) is 1. The summed E-state index contributed by atoms with van der Waals surface area (Å²) in [4.78, 5) is 30.9. The number of aryl methyl sites for hydroxylation is 1. The highest BCUT2D eigenvalue weighted by molar-refractivity contribution is 5.75. The minimum atomic E-state index is -4.99. The van der Waals surface area contributed by atoms with Gasteiger partial charge in [0, 0.05) is 51.5 Å². The number of alkyl halides is 6. The Morgan fingerprint density at radius 3 is 2.16 bits per heavy atom. The lowest BCUT2D eigenvalue weighted by atomic mass is 9.78. The Morgan fingerprint density at radius 1 is 1.00 bits per heavy atom. The van der Waals surface area contributed by atoms with Crippen LogP contribution in [0.5, 0.6) is 0 Å². The van der Waals surface area contributed by atoms with E-state index in [1.807, 2.05) is 45.0 Å². The highest BCUT2D eigenvalue weighted by Crippen LogP contribution is 2.46. The summed E-state index contributed by atoms with van der Waals surface area (Å²) >= 11 is 0. The minimum absolute atomic E-state index is 0.0439. The van der Waals surface area contributed by atoms with E-state index in [4.69, 9.17) is 4.74 Å². The maximum Gasteiger partial charge on any atom is 0.416 e. The number of likely N-dealkylation sites (tertiary alicyclic amines) is 2. The van der Waals surface area contributed by atoms with Crippen molar-refractivity contribution in [2.75, 3.05) is 39.8 Å². The Bertz CT molecular complexity index is 1360. The number of urea groups is 1. The van der Waals surface area contributed by atoms with Crippen LogP contribution in [-0.2, 0) is 21.9 Å². The number of benzene rings is 2. The van der Waals surface area contributed by atoms with E-state index in [0.29, 0.717) is 38.2 Å². The second-order valence-corrected chi connectivity index (χ2v) is 13.3. The number of piperidine rings is 1. The molecule has 0 aromatic heterocycles. The molecule has 2 aliphatic heterocycles. The molecule has 45 heavy (non-hydrogen) atoms. The van der Waals surface area contributed by atoms with Gasteiger partial charge >= 0.3 is 24.4 Å². The van der Waals surface area contributed by atoms with Crippen molar-refractivity contribution >= 4 is 12.0 Å². The summed E-state index contributed by atoms with van der Waals surface area (Å²) < 4.78 is 86.8. The van der Waals surface area contributed by atoms with E-state index in [1.165, 1.54) is 25.8 Å². The van der Waals surface area contributed by atoms with Crippen molar-refractivity contribution in [3.63, 3.8) is 0 Å². The quantitative estimate of drug-likeness (QED) is 0.230. The van der Waals surface area contributed by atoms with Gasteiger partial charge in [0.05, 0.1) is 29.8 Å². The first kappa shape index (κ1) is 34.6. The van der Waals surface area contributed by atoms with Crippen molar-refractivity contribution in [3.05, 3.63) is 70.3 Å². The Labute approximate surface area is 260 Å². The molecule has 0 radical (unpaired) electrons. The van der Waals surface area contributed by atoms with Gasteiger partial charge in [-0.3, -0.25) is 4.79 Å². The van der Waals surface area contributed by atoms with Gasteiger partial charge in [-0.25, -0.2) is 4.79 Å². The minimum Gasteiger partial charge on any atom is -0.465 e. The van der Waals surface area contributed by atoms with Crippen molar-refractivity contribution in [2.24, 2.45) is 17.3 Å². The van der Waals surface area contributed by atoms with Gasteiger partial charge in [0.15, 0.2) is 0 Å². The monoisotopic (exact) mass is 641 g/mol. The van der Waals surface area contributed by atoms with Crippen LogP contribution in [0.25, 0.3) is 0 Å². The molecule has 2 fully saturated rings. The number of halogens is 6. The van der Waals surface area contributed by atoms with E-state index < -0.39 is 35.6 Å². The number of carbonyl (C=O) groups excluding carboxylic acids is 2. The molecule has 0 spiro atoms. The first-order valence-corrected chi connectivity index (χ1v) is 15.0. The highest BCUT2D eigenvalue weighted by Gasteiger charge is 2.48. The molecule has 1 unspecified atom stereocenters. The van der Waals surface area contributed by atoms with Gasteiger partial charge in [-0.2, -0.15) is 26.3 Å². The largest absolute Gasteiger partial charge is 0.465 e. The molecule has 2 aromatic rings. The lowest BCUT2D eigenvalue weighted by Gasteiger charge is -2.45. The summed E-state index contributed by atoms with van der Waals surface area (Å²) in [7, 11) is 1.42. The van der Waals surface area contributed by atoms with Gasteiger partial charge in [-0.15, -0.1) is 0 Å². The lowest BCUT2D eigenvalue weighted by Crippen LogP contribution is -2.51. The van der Waals surface area contributed by atoms with Crippen LogP contribution < -0.4 is 0 Å². The standard InChI is InChI=1S/C33H41F6N3O3/c1-20-9-7-8-10-27(20)29-28-17-41(18-31(4,5)19-45-22(3)43)16-23(28)11-12-42(29)30(44)40(6)21(2)24-13-25(32(34,35)36)15-26(14-24)33(37,38)39/h7-10,13-15,21,23,28-29H,11-12,16-19H2,1-6H3/t21-,23-,28?,29+/m1/s1. The highest BCUT2D eigenvalue weighted by atomic mass is 19.4. The fraction of sp³-hybridized carbons (Fsp3) is 0.576. The third-order valence-corrected chi connectivity index (χ3v) is 9.10. The third kappa shape index (κ3) is 7.93. The summed E-state index contributed by atoms with van der Waals surface area (Å²) in [6.07, 6.45) is -9.28. The molecule has 0 N–H and O–H groups in total. The predicted octanol–water partition coefficient (Wildman–Crippen LogP) is 7.73. The van der Waals surface area contributed by atoms with Crippen molar-refractivity contribution in [1.29, 1.82) is 0 Å². The smallest absolute Gasteiger partial charge is 0.416 e. The molecule has 6 nitrogen and oxygen atoms in total. The molecule has 12 heteroatoms. The Balaban J connectivity index is 1.64. The second-order valence-electron chi connectivity index (χ2n) is 13.3. The second kappa shape index (κ2) is 12.8. The average molecular weight is 642 g/mol. The summed E-state index contributed by atoms with van der Waals surface area (Å²) in [5.74, 6) is -0.0313. The first-order valence-electron chi connectivity index (χ1n) is 15.0. The predicted molar refractivity (Wildman–Crippen MR) is 157 cm³/mol. The van der Waals surface area contributed by atoms with Crippen LogP contribution >= 0.6 is 0 Å². The molecule has 2 aliphatic rings. The Kier molecular flexibility index (Phi) is 9.87. The normalized spacial score (nSPS) is 21.8. The maximum atomic E-state index is 14.2. The number of hydrogen-bond acceptors (Lipinski definition) is 4. The van der Waals surface area contributed by atoms with E-state index in [2.05, 4.69) is 4.90 Å². The molecule has 248 valence electrons. The number of amides is 2. The van der Waals surface area contributed by atoms with Crippen molar-refractivity contribution in [1.82, 2.24) is 14.7 Å². The molecule has 0 saturated carbocycles. The SMILES string of the molecule is CC(=O)OCC(C)(C)CN1CC2[C@H](CCN(C(=O)N(C)[C@H](C)c3cc(C(F)(F)F)cc(C(F)(F)F)c3)[C@H]2c2ccccc2C)C1. The van der Waals surface area contributed by atoms with Crippen LogP contribution in [0.2, 0.25) is 0 Å². The van der Waals surface area contributed by atoms with E-state index in [0.717, 1.165) is 17.7 Å². The van der Waals surface area contributed by atoms with Gasteiger partial charge < -0.3 is 19.4 Å². The van der Waals surface area contributed by atoms with Gasteiger partial charge in [0.25, 0.3) is 0 Å². The molecular weight excluding hydrogens is 600 g/mol. The van der Waals surface area contributed by atoms with Crippen LogP contribution in [0.15, 0.2) is 42.5 Å². The van der Waals surface area contributed by atoms with Crippen LogP contribution in [-0.4, -0.2) is 66.5 Å². The number of nitrogens with zero attached hydrogens (tertiary/aromatic N) is 3. The summed E-state index contributed by atoms with van der Waals surface area (Å²) in [6, 6.07) is 7.32. The topological polar surface area (TPSA) is 53.1 Å². The number of esters is 1. The first-order chi connectivity index (χ1) is 20.8. The summed E-state index contributed by atoms with van der Waals surface area (Å²) in [5.41, 5.74) is -1.44. The van der Waals surface area contributed by atoms with Gasteiger partial charge in [-0.1, -0.05) is 38.1 Å². The van der Waals surface area contributed by atoms with Gasteiger partial charge in [0.1, 0.15) is 0 Å². The van der Waals surface area contributed by atoms with Crippen LogP contribution in [0.4, 0.5) is 31.1 Å². The van der Waals surface area contributed by atoms with Crippen LogP contribution in [0, 0.1) is 24.2 Å². The van der Waals surface area contributed by atoms with Crippen LogP contribution in [0.1, 0.15) is 74.0 Å². The number of rotatable bonds is 7. The molecule has 0 aliphatic carbocycles. The molecule has 4 atom stereocenters. The molecule has 2 saturated heterocycles. The fourth-order valence-electron chi connectivity index (χ4n) is 6.75. The fourth-order valence-corrected chi connectivity index (χ4v) is 6.75. The van der Waals surface area contributed by atoms with E-state index in [-0.39, 0.29) is 47.5 Å². The zero-order valence-electron chi connectivity index (χ0n) is 26.4. The summed E-state index contributed by atoms with van der Waals surface area (Å²) in [5, 5.41) is 0. The van der Waals surface area contributed by atoms with E-state index >= 15 is 0 Å². The zero-order valence-corrected chi connectivity index (χ0v) is 26.4. The van der Waals surface area contributed by atoms with Crippen molar-refractivity contribution in [2.45, 2.75) is 65.5 Å². The third-order valence-electron chi connectivity index (χ3n) is 9.10. The van der Waals surface area contributed by atoms with E-state index in [9.17, 15) is 35.9 Å². The molecule has 0 bridgehead atoms. The van der Waals surface area contributed by atoms with Crippen LogP contribution in [0.3, 0.4) is 0 Å². The number of fused-ring (bicyclic) bond motifs is 1. The molecule has 2 aromatic carbocycles. The lowest BCUT2D eigenvalue weighted by molar-refractivity contribution is -0.145. The maximum absolute atomic E-state index is 14.2. The Morgan fingerprint density at radius 2 is 1.60 bits per heavy atom. The van der Waals surface area contributed by atoms with Crippen molar-refractivity contribution in [3.8, 4) is 0 Å². The van der Waals surface area contributed by atoms with Gasteiger partial charge in [0.2, 0.25) is 0 Å². The summed E-state index contributed by atoms with van der Waals surface area (Å²) in [6.45, 7) is 11.6. The Hall–Kier alpha value is -3.28.